The number of aromatic nitrogens is 2. The van der Waals surface area contributed by atoms with Crippen LogP contribution in [0.1, 0.15) is 26.3 Å². The van der Waals surface area contributed by atoms with Crippen molar-refractivity contribution in [1.29, 1.82) is 0 Å². The number of rotatable bonds is 5. The molecule has 0 saturated heterocycles. The van der Waals surface area contributed by atoms with Crippen LogP contribution in [-0.2, 0) is 0 Å². The molecule has 0 aliphatic carbocycles. The molecule has 2 heterocycles. The average Bonchev–Trinajstić information content (AvgIpc) is 2.82. The fourth-order valence-corrected chi connectivity index (χ4v) is 2.31. The second-order valence-corrected chi connectivity index (χ2v) is 4.90. The fraction of sp³-hybridized carbons (Fsp3) is 0.235. The van der Waals surface area contributed by atoms with E-state index in [-0.39, 0.29) is 0 Å². The first-order chi connectivity index (χ1) is 9.54. The van der Waals surface area contributed by atoms with E-state index in [4.69, 9.17) is 0 Å². The number of H-pyrrole nitrogens is 1. The van der Waals surface area contributed by atoms with Crippen molar-refractivity contribution >= 4 is 17.1 Å². The lowest BCUT2D eigenvalue weighted by molar-refractivity contribution is 0.463. The third-order valence-corrected chi connectivity index (χ3v) is 3.39. The van der Waals surface area contributed by atoms with Gasteiger partial charge in [0.15, 0.2) is 0 Å². The summed E-state index contributed by atoms with van der Waals surface area (Å²) in [6.07, 6.45) is 5.90. The number of likely N-dealkylation sites (N-methyl/N-ethyl adjacent to an activating group) is 1. The monoisotopic (exact) mass is 267 g/mol. The Balaban J connectivity index is 2.35. The Morgan fingerprint density at radius 3 is 2.80 bits per heavy atom. The highest BCUT2D eigenvalue weighted by atomic mass is 15.1. The van der Waals surface area contributed by atoms with Crippen LogP contribution in [0.25, 0.3) is 17.1 Å². The number of aromatic amines is 1. The van der Waals surface area contributed by atoms with E-state index in [1.54, 1.807) is 0 Å². The van der Waals surface area contributed by atoms with Crippen LogP contribution >= 0.6 is 0 Å². The number of hydrogen-bond acceptors (Lipinski definition) is 2. The summed E-state index contributed by atoms with van der Waals surface area (Å²) < 4.78 is 0. The standard InChI is InChI=1S/C17H21N3/c1-6-20(12(2)3)14(5)13(4)10-15-11-19-16-8-7-9-18-17(15)16/h7-11,19H,2,5-6H2,1,3-4H3/b13-10+. The van der Waals surface area contributed by atoms with Gasteiger partial charge in [-0.1, -0.05) is 13.2 Å². The second kappa shape index (κ2) is 5.78. The lowest BCUT2D eigenvalue weighted by atomic mass is 10.1. The zero-order chi connectivity index (χ0) is 14.7. The molecule has 0 amide bonds. The molecule has 0 unspecified atom stereocenters. The van der Waals surface area contributed by atoms with Crippen molar-refractivity contribution in [2.75, 3.05) is 6.54 Å². The zero-order valence-corrected chi connectivity index (χ0v) is 12.4. The zero-order valence-electron chi connectivity index (χ0n) is 12.4. The summed E-state index contributed by atoms with van der Waals surface area (Å²) in [4.78, 5) is 9.75. The summed E-state index contributed by atoms with van der Waals surface area (Å²) in [5, 5.41) is 0. The van der Waals surface area contributed by atoms with Crippen LogP contribution in [0.5, 0.6) is 0 Å². The molecule has 0 radical (unpaired) electrons. The minimum atomic E-state index is 0.867. The molecule has 1 N–H and O–H groups in total. The highest BCUT2D eigenvalue weighted by Crippen LogP contribution is 2.23. The molecule has 0 spiro atoms. The van der Waals surface area contributed by atoms with Crippen molar-refractivity contribution < 1.29 is 0 Å². The van der Waals surface area contributed by atoms with E-state index in [0.29, 0.717) is 0 Å². The summed E-state index contributed by atoms with van der Waals surface area (Å²) in [5.74, 6) is 0. The molecule has 0 fully saturated rings. The topological polar surface area (TPSA) is 31.9 Å². The molecule has 3 heteroatoms. The Morgan fingerprint density at radius 1 is 1.40 bits per heavy atom. The minimum Gasteiger partial charge on any atom is -0.359 e. The van der Waals surface area contributed by atoms with Crippen molar-refractivity contribution in [1.82, 2.24) is 14.9 Å². The van der Waals surface area contributed by atoms with Crippen LogP contribution in [0.2, 0.25) is 0 Å². The normalized spacial score (nSPS) is 11.7. The van der Waals surface area contributed by atoms with Crippen molar-refractivity contribution in [3.8, 4) is 0 Å². The maximum atomic E-state index is 4.42. The van der Waals surface area contributed by atoms with Gasteiger partial charge in [-0.25, -0.2) is 0 Å². The summed E-state index contributed by atoms with van der Waals surface area (Å²) in [7, 11) is 0. The number of pyridine rings is 1. The molecule has 2 rings (SSSR count). The van der Waals surface area contributed by atoms with Gasteiger partial charge in [0.2, 0.25) is 0 Å². The van der Waals surface area contributed by atoms with E-state index in [0.717, 1.165) is 40.1 Å². The third kappa shape index (κ3) is 2.67. The molecule has 2 aromatic rings. The average molecular weight is 267 g/mol. The van der Waals surface area contributed by atoms with Crippen molar-refractivity contribution in [3.05, 3.63) is 60.2 Å². The molecule has 0 aromatic carbocycles. The van der Waals surface area contributed by atoms with Crippen LogP contribution < -0.4 is 0 Å². The smallest absolute Gasteiger partial charge is 0.0951 e. The number of nitrogens with one attached hydrogen (secondary N) is 1. The predicted octanol–water partition coefficient (Wildman–Crippen LogP) is 4.34. The molecule has 2 aromatic heterocycles. The van der Waals surface area contributed by atoms with Gasteiger partial charge in [-0.3, -0.25) is 4.98 Å². The summed E-state index contributed by atoms with van der Waals surface area (Å²) >= 11 is 0. The van der Waals surface area contributed by atoms with Crippen molar-refractivity contribution in [2.45, 2.75) is 20.8 Å². The van der Waals surface area contributed by atoms with Gasteiger partial charge in [-0.2, -0.15) is 0 Å². The van der Waals surface area contributed by atoms with Crippen LogP contribution in [0.3, 0.4) is 0 Å². The first-order valence-corrected chi connectivity index (χ1v) is 6.77. The molecule has 104 valence electrons. The second-order valence-electron chi connectivity index (χ2n) is 4.90. The Hall–Kier alpha value is -2.29. The largest absolute Gasteiger partial charge is 0.359 e. The van der Waals surface area contributed by atoms with Gasteiger partial charge in [0.05, 0.1) is 11.0 Å². The van der Waals surface area contributed by atoms with E-state index < -0.39 is 0 Å². The van der Waals surface area contributed by atoms with Gasteiger partial charge in [0, 0.05) is 35.9 Å². The van der Waals surface area contributed by atoms with Crippen LogP contribution in [0.4, 0.5) is 0 Å². The van der Waals surface area contributed by atoms with Crippen LogP contribution in [0, 0.1) is 0 Å². The summed E-state index contributed by atoms with van der Waals surface area (Å²) in [5.41, 5.74) is 6.20. The molecule has 3 nitrogen and oxygen atoms in total. The minimum absolute atomic E-state index is 0.867. The van der Waals surface area contributed by atoms with E-state index >= 15 is 0 Å². The molecular weight excluding hydrogens is 246 g/mol. The van der Waals surface area contributed by atoms with Crippen molar-refractivity contribution in [3.63, 3.8) is 0 Å². The lowest BCUT2D eigenvalue weighted by Gasteiger charge is -2.25. The molecule has 0 aliphatic rings. The molecular formula is C17H21N3. The highest BCUT2D eigenvalue weighted by molar-refractivity contribution is 5.85. The van der Waals surface area contributed by atoms with Gasteiger partial charge >= 0.3 is 0 Å². The maximum Gasteiger partial charge on any atom is 0.0951 e. The Morgan fingerprint density at radius 2 is 2.15 bits per heavy atom. The predicted molar refractivity (Wildman–Crippen MR) is 86.1 cm³/mol. The number of nitrogens with zero attached hydrogens (tertiary/aromatic N) is 2. The molecule has 20 heavy (non-hydrogen) atoms. The van der Waals surface area contributed by atoms with E-state index in [2.05, 4.69) is 47.9 Å². The summed E-state index contributed by atoms with van der Waals surface area (Å²) in [6.45, 7) is 15.2. The van der Waals surface area contributed by atoms with Crippen LogP contribution in [0.15, 0.2) is 54.7 Å². The Labute approximate surface area is 120 Å². The number of allylic oxidation sites excluding steroid dienone is 2. The van der Waals surface area contributed by atoms with E-state index in [9.17, 15) is 0 Å². The SMILES string of the molecule is C=C(C)N(CC)C(=C)/C(C)=C/c1c[nH]c2cccnc12. The Bertz CT molecular complexity index is 676. The van der Waals surface area contributed by atoms with Crippen LogP contribution in [-0.4, -0.2) is 21.4 Å². The quantitative estimate of drug-likeness (QED) is 0.817. The number of hydrogen-bond donors (Lipinski definition) is 1. The van der Waals surface area contributed by atoms with Gasteiger partial charge in [0.25, 0.3) is 0 Å². The number of fused-ring (bicyclic) bond motifs is 1. The first kappa shape index (κ1) is 14.1. The van der Waals surface area contributed by atoms with Gasteiger partial charge in [0.1, 0.15) is 0 Å². The lowest BCUT2D eigenvalue weighted by Crippen LogP contribution is -2.19. The molecule has 0 atom stereocenters. The fourth-order valence-electron chi connectivity index (χ4n) is 2.31. The Kier molecular flexibility index (Phi) is 4.08. The van der Waals surface area contributed by atoms with Crippen molar-refractivity contribution in [2.24, 2.45) is 0 Å². The van der Waals surface area contributed by atoms with Gasteiger partial charge in [-0.05, 0) is 44.6 Å². The van der Waals surface area contributed by atoms with E-state index in [1.165, 1.54) is 0 Å². The molecule has 0 bridgehead atoms. The third-order valence-electron chi connectivity index (χ3n) is 3.39. The molecule has 0 aliphatic heterocycles. The maximum absolute atomic E-state index is 4.42. The highest BCUT2D eigenvalue weighted by Gasteiger charge is 2.09. The van der Waals surface area contributed by atoms with E-state index in [1.807, 2.05) is 31.5 Å². The summed E-state index contributed by atoms with van der Waals surface area (Å²) in [6, 6.07) is 3.95. The first-order valence-electron chi connectivity index (χ1n) is 6.77. The van der Waals surface area contributed by atoms with Gasteiger partial charge < -0.3 is 9.88 Å². The van der Waals surface area contributed by atoms with Gasteiger partial charge in [-0.15, -0.1) is 0 Å². The molecule has 0 saturated carbocycles.